The SMILES string of the molecule is CC[C@]12c3c4ccc(OC)c3OC1C(=O)C=C[C@@]2(O)CC4. The Morgan fingerprint density at radius 1 is 1.48 bits per heavy atom. The number of carbonyl (C=O) groups excluding carboxylic acids is 1. The molecule has 0 saturated carbocycles. The highest BCUT2D eigenvalue weighted by molar-refractivity contribution is 5.98. The maximum absolute atomic E-state index is 12.4. The van der Waals surface area contributed by atoms with Crippen LogP contribution in [-0.2, 0) is 16.6 Å². The molecule has 1 aromatic rings. The number of aryl methyl sites for hydroxylation is 1. The van der Waals surface area contributed by atoms with Crippen LogP contribution in [0.4, 0.5) is 0 Å². The smallest absolute Gasteiger partial charge is 0.196 e. The van der Waals surface area contributed by atoms with Gasteiger partial charge < -0.3 is 14.6 Å². The van der Waals surface area contributed by atoms with Gasteiger partial charge in [0.1, 0.15) is 0 Å². The van der Waals surface area contributed by atoms with E-state index in [1.165, 1.54) is 6.08 Å². The standard InChI is InChI=1S/C17H18O4/c1-3-17-13-10-4-5-12(20-2)14(13)21-15(17)11(18)7-9-16(17,19)8-6-10/h4-5,7,9,15,19H,3,6,8H2,1-2H3/t15?,16-,17-/m0/s1. The maximum atomic E-state index is 12.4. The van der Waals surface area contributed by atoms with Gasteiger partial charge in [0.25, 0.3) is 0 Å². The van der Waals surface area contributed by atoms with Crippen LogP contribution in [0.1, 0.15) is 30.9 Å². The first kappa shape index (κ1) is 12.9. The quantitative estimate of drug-likeness (QED) is 0.902. The van der Waals surface area contributed by atoms with Gasteiger partial charge in [0, 0.05) is 5.56 Å². The van der Waals surface area contributed by atoms with Crippen molar-refractivity contribution in [1.82, 2.24) is 0 Å². The Morgan fingerprint density at radius 2 is 2.29 bits per heavy atom. The zero-order valence-electron chi connectivity index (χ0n) is 12.2. The Morgan fingerprint density at radius 3 is 3.00 bits per heavy atom. The molecule has 1 N–H and O–H groups in total. The van der Waals surface area contributed by atoms with E-state index >= 15 is 0 Å². The average molecular weight is 286 g/mol. The molecule has 21 heavy (non-hydrogen) atoms. The first-order valence-corrected chi connectivity index (χ1v) is 7.40. The third kappa shape index (κ3) is 1.27. The van der Waals surface area contributed by atoms with Crippen LogP contribution in [0.3, 0.4) is 0 Å². The molecule has 0 fully saturated rings. The second-order valence-electron chi connectivity index (χ2n) is 6.11. The van der Waals surface area contributed by atoms with Crippen molar-refractivity contribution in [3.8, 4) is 11.5 Å². The normalized spacial score (nSPS) is 35.4. The fourth-order valence-electron chi connectivity index (χ4n) is 4.43. The highest BCUT2D eigenvalue weighted by Gasteiger charge is 2.65. The number of hydrogen-bond donors (Lipinski definition) is 1. The molecule has 0 amide bonds. The molecule has 1 unspecified atom stereocenters. The number of benzene rings is 1. The van der Waals surface area contributed by atoms with E-state index in [0.717, 1.165) is 17.5 Å². The Balaban J connectivity index is 2.09. The number of hydrogen-bond acceptors (Lipinski definition) is 4. The number of ether oxygens (including phenoxy) is 2. The van der Waals surface area contributed by atoms with Crippen molar-refractivity contribution in [2.45, 2.75) is 43.3 Å². The third-order valence-corrected chi connectivity index (χ3v) is 5.44. The monoisotopic (exact) mass is 286 g/mol. The van der Waals surface area contributed by atoms with Crippen molar-refractivity contribution < 1.29 is 19.4 Å². The Bertz CT molecular complexity index is 678. The van der Waals surface area contributed by atoms with Crippen molar-refractivity contribution in [3.05, 3.63) is 35.4 Å². The fourth-order valence-corrected chi connectivity index (χ4v) is 4.43. The van der Waals surface area contributed by atoms with Crippen molar-refractivity contribution in [2.75, 3.05) is 7.11 Å². The van der Waals surface area contributed by atoms with Crippen LogP contribution in [0.25, 0.3) is 0 Å². The van der Waals surface area contributed by atoms with Gasteiger partial charge in [-0.25, -0.2) is 0 Å². The number of carbonyl (C=O) groups is 1. The summed E-state index contributed by atoms with van der Waals surface area (Å²) in [4.78, 5) is 12.4. The number of aliphatic hydroxyl groups is 1. The average Bonchev–Trinajstić information content (AvgIpc) is 2.87. The molecule has 4 nitrogen and oxygen atoms in total. The summed E-state index contributed by atoms with van der Waals surface area (Å²) in [6.45, 7) is 2.01. The summed E-state index contributed by atoms with van der Waals surface area (Å²) in [6.07, 6.45) is 4.54. The largest absolute Gasteiger partial charge is 0.493 e. The van der Waals surface area contributed by atoms with Gasteiger partial charge >= 0.3 is 0 Å². The van der Waals surface area contributed by atoms with Crippen LogP contribution >= 0.6 is 0 Å². The summed E-state index contributed by atoms with van der Waals surface area (Å²) in [5.41, 5.74) is 0.421. The summed E-state index contributed by atoms with van der Waals surface area (Å²) in [5.74, 6) is 1.19. The lowest BCUT2D eigenvalue weighted by Crippen LogP contribution is -2.62. The fraction of sp³-hybridized carbons (Fsp3) is 0.471. The molecule has 4 heteroatoms. The number of ketones is 1. The molecule has 0 aromatic heterocycles. The van der Waals surface area contributed by atoms with Gasteiger partial charge in [0.15, 0.2) is 23.4 Å². The highest BCUT2D eigenvalue weighted by atomic mass is 16.5. The minimum atomic E-state index is -1.02. The van der Waals surface area contributed by atoms with Crippen molar-refractivity contribution in [1.29, 1.82) is 0 Å². The summed E-state index contributed by atoms with van der Waals surface area (Å²) in [6, 6.07) is 3.92. The lowest BCUT2D eigenvalue weighted by molar-refractivity contribution is -0.132. The summed E-state index contributed by atoms with van der Waals surface area (Å²) in [5, 5.41) is 11.2. The van der Waals surface area contributed by atoms with Gasteiger partial charge in [-0.3, -0.25) is 4.79 Å². The molecule has 110 valence electrons. The lowest BCUT2D eigenvalue weighted by atomic mass is 9.54. The second kappa shape index (κ2) is 3.89. The first-order valence-electron chi connectivity index (χ1n) is 7.40. The molecule has 1 aliphatic heterocycles. The third-order valence-electron chi connectivity index (χ3n) is 5.44. The van der Waals surface area contributed by atoms with Crippen molar-refractivity contribution in [3.63, 3.8) is 0 Å². The Labute approximate surface area is 123 Å². The van der Waals surface area contributed by atoms with E-state index in [2.05, 4.69) is 0 Å². The number of rotatable bonds is 2. The van der Waals surface area contributed by atoms with Crippen LogP contribution in [0.5, 0.6) is 11.5 Å². The second-order valence-corrected chi connectivity index (χ2v) is 6.11. The summed E-state index contributed by atoms with van der Waals surface area (Å²) >= 11 is 0. The molecular formula is C17H18O4. The van der Waals surface area contributed by atoms with Gasteiger partial charge in [-0.05, 0) is 43.0 Å². The van der Waals surface area contributed by atoms with E-state index in [9.17, 15) is 9.90 Å². The molecule has 0 bridgehead atoms. The molecular weight excluding hydrogens is 268 g/mol. The summed E-state index contributed by atoms with van der Waals surface area (Å²) < 4.78 is 11.4. The van der Waals surface area contributed by atoms with E-state index in [4.69, 9.17) is 9.47 Å². The van der Waals surface area contributed by atoms with E-state index < -0.39 is 17.1 Å². The molecule has 4 rings (SSSR count). The molecule has 0 saturated heterocycles. The van der Waals surface area contributed by atoms with Gasteiger partial charge in [-0.1, -0.05) is 13.0 Å². The predicted octanol–water partition coefficient (Wildman–Crippen LogP) is 1.92. The number of methoxy groups -OCH3 is 1. The molecule has 0 radical (unpaired) electrons. The van der Waals surface area contributed by atoms with Gasteiger partial charge in [-0.2, -0.15) is 0 Å². The first-order chi connectivity index (χ1) is 10.1. The molecule has 3 aliphatic rings. The molecule has 1 heterocycles. The Hall–Kier alpha value is -1.81. The maximum Gasteiger partial charge on any atom is 0.196 e. The van der Waals surface area contributed by atoms with E-state index in [-0.39, 0.29) is 5.78 Å². The van der Waals surface area contributed by atoms with Gasteiger partial charge in [0.05, 0.1) is 18.1 Å². The van der Waals surface area contributed by atoms with E-state index in [1.54, 1.807) is 13.2 Å². The zero-order chi connectivity index (χ0) is 14.8. The molecule has 2 aliphatic carbocycles. The van der Waals surface area contributed by atoms with Crippen LogP contribution in [0, 0.1) is 0 Å². The topological polar surface area (TPSA) is 55.8 Å². The van der Waals surface area contributed by atoms with Crippen LogP contribution < -0.4 is 9.47 Å². The van der Waals surface area contributed by atoms with Crippen molar-refractivity contribution >= 4 is 5.78 Å². The minimum absolute atomic E-state index is 0.0763. The predicted molar refractivity (Wildman–Crippen MR) is 76.8 cm³/mol. The van der Waals surface area contributed by atoms with Crippen LogP contribution in [0.2, 0.25) is 0 Å². The lowest BCUT2D eigenvalue weighted by Gasteiger charge is -2.50. The van der Waals surface area contributed by atoms with Gasteiger partial charge in [-0.15, -0.1) is 0 Å². The molecule has 1 aromatic carbocycles. The summed E-state index contributed by atoms with van der Waals surface area (Å²) in [7, 11) is 1.59. The van der Waals surface area contributed by atoms with Crippen LogP contribution in [0.15, 0.2) is 24.3 Å². The van der Waals surface area contributed by atoms with Crippen molar-refractivity contribution in [2.24, 2.45) is 0 Å². The van der Waals surface area contributed by atoms with E-state index in [1.807, 2.05) is 19.1 Å². The van der Waals surface area contributed by atoms with Gasteiger partial charge in [0.2, 0.25) is 0 Å². The molecule has 0 spiro atoms. The van der Waals surface area contributed by atoms with Crippen LogP contribution in [-0.4, -0.2) is 29.7 Å². The zero-order valence-corrected chi connectivity index (χ0v) is 12.2. The molecule has 3 atom stereocenters. The highest BCUT2D eigenvalue weighted by Crippen LogP contribution is 2.61. The minimum Gasteiger partial charge on any atom is -0.493 e. The van der Waals surface area contributed by atoms with E-state index in [0.29, 0.717) is 24.3 Å². The Kier molecular flexibility index (Phi) is 2.39.